The summed E-state index contributed by atoms with van der Waals surface area (Å²) in [6, 6.07) is 0. The Hall–Kier alpha value is 1.51. The molecule has 0 bridgehead atoms. The molecule has 40 valence electrons. The molecule has 0 fully saturated rings. The van der Waals surface area contributed by atoms with Gasteiger partial charge in [0.15, 0.2) is 5.94 Å². The molecule has 0 atom stereocenters. The predicted octanol–water partition coefficient (Wildman–Crippen LogP) is -1.82. The first-order chi connectivity index (χ1) is 2.56. The first-order valence-corrected chi connectivity index (χ1v) is 2.73. The van der Waals surface area contributed by atoms with E-state index in [2.05, 4.69) is 0 Å². The van der Waals surface area contributed by atoms with Crippen molar-refractivity contribution in [2.75, 3.05) is 5.94 Å². The molecule has 0 amide bonds. The molecule has 0 heterocycles. The second kappa shape index (κ2) is 4.39. The molecule has 7 heavy (non-hydrogen) atoms. The van der Waals surface area contributed by atoms with Crippen LogP contribution in [0.5, 0.6) is 0 Å². The van der Waals surface area contributed by atoms with Gasteiger partial charge in [-0.3, -0.25) is 4.55 Å². The molecule has 0 aromatic carbocycles. The SMILES string of the molecule is O=S(=O)(O)CO.[KH]. The predicted molar refractivity (Wildman–Crippen MR) is 25.8 cm³/mol. The molecular weight excluding hydrogens is 147 g/mol. The van der Waals surface area contributed by atoms with Crippen molar-refractivity contribution in [3.63, 3.8) is 0 Å². The second-order valence-electron chi connectivity index (χ2n) is 0.711. The van der Waals surface area contributed by atoms with Gasteiger partial charge in [-0.2, -0.15) is 8.42 Å². The van der Waals surface area contributed by atoms with Crippen molar-refractivity contribution in [3.8, 4) is 0 Å². The molecule has 0 aliphatic carbocycles. The molecule has 0 aromatic heterocycles. The molecule has 4 nitrogen and oxygen atoms in total. The van der Waals surface area contributed by atoms with Gasteiger partial charge in [0.25, 0.3) is 10.1 Å². The van der Waals surface area contributed by atoms with Gasteiger partial charge in [0, 0.05) is 0 Å². The quantitative estimate of drug-likeness (QED) is 0.342. The van der Waals surface area contributed by atoms with Crippen LogP contribution in [-0.4, -0.2) is 75.4 Å². The van der Waals surface area contributed by atoms with Crippen LogP contribution in [0.25, 0.3) is 0 Å². The van der Waals surface area contributed by atoms with Crippen LogP contribution in [-0.2, 0) is 10.1 Å². The van der Waals surface area contributed by atoms with Crippen molar-refractivity contribution in [3.05, 3.63) is 0 Å². The third kappa shape index (κ3) is 11.2. The topological polar surface area (TPSA) is 74.6 Å². The minimum atomic E-state index is -4.11. The standard InChI is InChI=1S/CH4O4S.K.H/c2-1-6(3,4)5;;/h2H,1H2,(H,3,4,5);;. The molecule has 0 aromatic rings. The maximum absolute atomic E-state index is 9.31. The Balaban J connectivity index is 0. The van der Waals surface area contributed by atoms with E-state index in [9.17, 15) is 8.42 Å². The van der Waals surface area contributed by atoms with Gasteiger partial charge in [-0.05, 0) is 0 Å². The van der Waals surface area contributed by atoms with Crippen molar-refractivity contribution in [1.82, 2.24) is 0 Å². The molecule has 0 unspecified atom stereocenters. The van der Waals surface area contributed by atoms with Gasteiger partial charge in [-0.1, -0.05) is 0 Å². The van der Waals surface area contributed by atoms with Gasteiger partial charge in [-0.15, -0.1) is 0 Å². The van der Waals surface area contributed by atoms with E-state index < -0.39 is 16.1 Å². The number of aliphatic hydroxyl groups excluding tert-OH is 1. The van der Waals surface area contributed by atoms with Crippen LogP contribution in [0.2, 0.25) is 0 Å². The average molecular weight is 152 g/mol. The van der Waals surface area contributed by atoms with Crippen LogP contribution in [0, 0.1) is 0 Å². The summed E-state index contributed by atoms with van der Waals surface area (Å²) in [5, 5.41) is 7.56. The normalized spacial score (nSPS) is 10.0. The number of hydrogen-bond donors (Lipinski definition) is 2. The van der Waals surface area contributed by atoms with E-state index in [-0.39, 0.29) is 51.4 Å². The van der Waals surface area contributed by atoms with E-state index >= 15 is 0 Å². The van der Waals surface area contributed by atoms with Crippen molar-refractivity contribution >= 4 is 61.5 Å². The molecule has 6 heteroatoms. The molecular formula is CH5KO4S. The summed E-state index contributed by atoms with van der Waals surface area (Å²) in [7, 11) is -4.11. The van der Waals surface area contributed by atoms with Crippen molar-refractivity contribution < 1.29 is 18.1 Å². The molecule has 2 N–H and O–H groups in total. The zero-order valence-electron chi connectivity index (χ0n) is 2.83. The number of hydrogen-bond acceptors (Lipinski definition) is 3. The zero-order valence-corrected chi connectivity index (χ0v) is 3.64. The Morgan fingerprint density at radius 3 is 1.57 bits per heavy atom. The van der Waals surface area contributed by atoms with Crippen LogP contribution in [0.1, 0.15) is 0 Å². The van der Waals surface area contributed by atoms with Crippen molar-refractivity contribution in [1.29, 1.82) is 0 Å². The Morgan fingerprint density at radius 1 is 1.43 bits per heavy atom. The third-order valence-corrected chi connectivity index (χ3v) is 0.489. The molecule has 0 rings (SSSR count). The summed E-state index contributed by atoms with van der Waals surface area (Å²) in [5.74, 6) is -1.20. The molecule has 0 saturated heterocycles. The Bertz CT molecular complexity index is 114. The fourth-order valence-electron chi connectivity index (χ4n) is 0. The minimum absolute atomic E-state index is 0. The van der Waals surface area contributed by atoms with Crippen LogP contribution >= 0.6 is 0 Å². The Labute approximate surface area is 84.1 Å². The van der Waals surface area contributed by atoms with Gasteiger partial charge in [0.05, 0.1) is 0 Å². The summed E-state index contributed by atoms with van der Waals surface area (Å²) >= 11 is 0. The van der Waals surface area contributed by atoms with Crippen LogP contribution < -0.4 is 0 Å². The summed E-state index contributed by atoms with van der Waals surface area (Å²) in [6.45, 7) is 0. The van der Waals surface area contributed by atoms with Gasteiger partial charge >= 0.3 is 51.4 Å². The van der Waals surface area contributed by atoms with E-state index in [4.69, 9.17) is 9.66 Å². The monoisotopic (exact) mass is 152 g/mol. The molecule has 0 spiro atoms. The summed E-state index contributed by atoms with van der Waals surface area (Å²) < 4.78 is 26.2. The van der Waals surface area contributed by atoms with E-state index in [1.807, 2.05) is 0 Å². The second-order valence-corrected chi connectivity index (χ2v) is 2.13. The van der Waals surface area contributed by atoms with E-state index in [1.165, 1.54) is 0 Å². The molecule has 0 radical (unpaired) electrons. The maximum atomic E-state index is 9.31. The summed E-state index contributed by atoms with van der Waals surface area (Å²) in [6.07, 6.45) is 0. The average Bonchev–Trinajstić information content (AvgIpc) is 1.35. The Morgan fingerprint density at radius 2 is 1.57 bits per heavy atom. The first kappa shape index (κ1) is 11.3. The Kier molecular flexibility index (Phi) is 7.10. The van der Waals surface area contributed by atoms with Gasteiger partial charge in [0.1, 0.15) is 0 Å². The van der Waals surface area contributed by atoms with Gasteiger partial charge in [0.2, 0.25) is 0 Å². The third-order valence-electron chi connectivity index (χ3n) is 0.163. The zero-order chi connectivity index (χ0) is 5.21. The van der Waals surface area contributed by atoms with E-state index in [0.717, 1.165) is 0 Å². The van der Waals surface area contributed by atoms with Crippen LogP contribution in [0.4, 0.5) is 0 Å². The van der Waals surface area contributed by atoms with Crippen LogP contribution in [0.15, 0.2) is 0 Å². The van der Waals surface area contributed by atoms with Crippen molar-refractivity contribution in [2.45, 2.75) is 0 Å². The molecule has 0 saturated carbocycles. The summed E-state index contributed by atoms with van der Waals surface area (Å²) in [4.78, 5) is 0. The fraction of sp³-hybridized carbons (Fsp3) is 1.00. The first-order valence-electron chi connectivity index (χ1n) is 1.12. The van der Waals surface area contributed by atoms with Gasteiger partial charge in [-0.25, -0.2) is 0 Å². The number of rotatable bonds is 1. The van der Waals surface area contributed by atoms with E-state index in [0.29, 0.717) is 0 Å². The molecule has 0 aliphatic heterocycles. The molecule has 0 aliphatic rings. The number of aliphatic hydroxyl groups is 1. The van der Waals surface area contributed by atoms with Crippen molar-refractivity contribution in [2.24, 2.45) is 0 Å². The van der Waals surface area contributed by atoms with Gasteiger partial charge < -0.3 is 5.11 Å². The summed E-state index contributed by atoms with van der Waals surface area (Å²) in [5.41, 5.74) is 0. The van der Waals surface area contributed by atoms with E-state index in [1.54, 1.807) is 0 Å². The fourth-order valence-corrected chi connectivity index (χ4v) is 0. The van der Waals surface area contributed by atoms with Crippen LogP contribution in [0.3, 0.4) is 0 Å².